The van der Waals surface area contributed by atoms with Crippen molar-refractivity contribution in [3.63, 3.8) is 0 Å². The van der Waals surface area contributed by atoms with Gasteiger partial charge in [0.1, 0.15) is 23.6 Å². The molecule has 0 fully saturated rings. The molecule has 24 heavy (non-hydrogen) atoms. The highest BCUT2D eigenvalue weighted by molar-refractivity contribution is 7.85. The van der Waals surface area contributed by atoms with Crippen LogP contribution in [0.15, 0.2) is 23.4 Å². The van der Waals surface area contributed by atoms with Gasteiger partial charge in [0.25, 0.3) is 5.82 Å². The molecule has 1 atom stereocenters. The van der Waals surface area contributed by atoms with E-state index >= 15 is 0 Å². The highest BCUT2D eigenvalue weighted by Crippen LogP contribution is 2.28. The van der Waals surface area contributed by atoms with Gasteiger partial charge < -0.3 is 0 Å². The summed E-state index contributed by atoms with van der Waals surface area (Å²) in [6, 6.07) is 1.54. The fourth-order valence-electron chi connectivity index (χ4n) is 1.80. The first-order valence-electron chi connectivity index (χ1n) is 6.13. The number of alkyl halides is 6. The van der Waals surface area contributed by atoms with Crippen LogP contribution in [0.1, 0.15) is 11.4 Å². The van der Waals surface area contributed by atoms with Crippen molar-refractivity contribution < 1.29 is 34.9 Å². The summed E-state index contributed by atoms with van der Waals surface area (Å²) in [4.78, 5) is 2.61. The van der Waals surface area contributed by atoms with E-state index in [1.165, 1.54) is 6.92 Å². The van der Waals surface area contributed by atoms with Crippen LogP contribution in [0.4, 0.5) is 30.7 Å². The number of rotatable bonds is 3. The monoisotopic (exact) mass is 375 g/mol. The first-order valence-corrected chi connectivity index (χ1v) is 7.45. The Morgan fingerprint density at radius 1 is 1.17 bits per heavy atom. The second-order valence-corrected chi connectivity index (χ2v) is 6.10. The first kappa shape index (κ1) is 18.4. The van der Waals surface area contributed by atoms with E-state index in [-0.39, 0.29) is 10.5 Å². The smallest absolute Gasteiger partial charge is 0.254 e. The van der Waals surface area contributed by atoms with Crippen LogP contribution in [0.25, 0.3) is 5.69 Å². The summed E-state index contributed by atoms with van der Waals surface area (Å²) in [5.74, 6) is -4.25. The second kappa shape index (κ2) is 6.15. The number of benzene rings is 1. The van der Waals surface area contributed by atoms with Gasteiger partial charge in [-0.15, -0.1) is 5.10 Å². The first-order chi connectivity index (χ1) is 10.9. The molecular formula is C12H8F7N3OS. The summed E-state index contributed by atoms with van der Waals surface area (Å²) in [6.45, 7) is 1.24. The molecule has 0 saturated heterocycles. The largest absolute Gasteiger partial charge is 0.453 e. The number of aryl methyl sites for hydroxylation is 1. The van der Waals surface area contributed by atoms with E-state index in [9.17, 15) is 34.9 Å². The minimum Gasteiger partial charge on any atom is -0.254 e. The Balaban J connectivity index is 2.47. The fourth-order valence-corrected chi connectivity index (χ4v) is 2.91. The highest BCUT2D eigenvalue weighted by Gasteiger charge is 2.36. The summed E-state index contributed by atoms with van der Waals surface area (Å²) < 4.78 is 101. The summed E-state index contributed by atoms with van der Waals surface area (Å²) in [5.41, 5.74) is -0.621. The topological polar surface area (TPSA) is 47.8 Å². The lowest BCUT2D eigenvalue weighted by Gasteiger charge is -2.11. The third-order valence-corrected chi connectivity index (χ3v) is 4.30. The lowest BCUT2D eigenvalue weighted by atomic mass is 10.2. The van der Waals surface area contributed by atoms with Crippen molar-refractivity contribution in [3.05, 3.63) is 35.7 Å². The number of hydrogen-bond acceptors (Lipinski definition) is 3. The number of halogens is 7. The van der Waals surface area contributed by atoms with Crippen LogP contribution >= 0.6 is 0 Å². The zero-order chi connectivity index (χ0) is 18.3. The van der Waals surface area contributed by atoms with Crippen LogP contribution in [0.5, 0.6) is 0 Å². The van der Waals surface area contributed by atoms with Gasteiger partial charge in [-0.1, -0.05) is 0 Å². The summed E-state index contributed by atoms with van der Waals surface area (Å²) in [6.07, 6.45) is -9.02. The van der Waals surface area contributed by atoms with Crippen LogP contribution in [0, 0.1) is 12.7 Å². The maximum Gasteiger partial charge on any atom is 0.453 e. The molecule has 1 heterocycles. The molecule has 2 rings (SSSR count). The average molecular weight is 375 g/mol. The lowest BCUT2D eigenvalue weighted by molar-refractivity contribution is -0.144. The summed E-state index contributed by atoms with van der Waals surface area (Å²) >= 11 is 0. The van der Waals surface area contributed by atoms with Crippen LogP contribution in [0.3, 0.4) is 0 Å². The Kier molecular flexibility index (Phi) is 4.70. The SMILES string of the molecule is Cc1cc(F)c(-n2cnc(C(F)(F)F)n2)cc1S(=O)CC(F)(F)F. The van der Waals surface area contributed by atoms with Crippen molar-refractivity contribution in [1.82, 2.24) is 14.8 Å². The normalized spacial score (nSPS) is 14.0. The Bertz CT molecular complexity index is 782. The maximum atomic E-state index is 13.9. The Labute approximate surface area is 132 Å². The molecule has 1 aromatic heterocycles. The molecule has 0 amide bonds. The van der Waals surface area contributed by atoms with Crippen molar-refractivity contribution in [3.8, 4) is 5.69 Å². The van der Waals surface area contributed by atoms with Crippen molar-refractivity contribution in [2.24, 2.45) is 0 Å². The van der Waals surface area contributed by atoms with E-state index in [1.807, 2.05) is 0 Å². The van der Waals surface area contributed by atoms with Gasteiger partial charge in [0.2, 0.25) is 0 Å². The molecule has 0 aliphatic rings. The molecular weight excluding hydrogens is 367 g/mol. The molecule has 4 nitrogen and oxygen atoms in total. The molecule has 0 spiro atoms. The van der Waals surface area contributed by atoms with E-state index in [4.69, 9.17) is 0 Å². The average Bonchev–Trinajstić information content (AvgIpc) is 2.85. The van der Waals surface area contributed by atoms with Crippen molar-refractivity contribution in [2.45, 2.75) is 24.2 Å². The van der Waals surface area contributed by atoms with Crippen LogP contribution < -0.4 is 0 Å². The molecule has 0 aliphatic carbocycles. The predicted octanol–water partition coefficient (Wildman–Crippen LogP) is 3.40. The maximum absolute atomic E-state index is 13.9. The Morgan fingerprint density at radius 2 is 1.79 bits per heavy atom. The molecule has 0 radical (unpaired) electrons. The lowest BCUT2D eigenvalue weighted by Crippen LogP contribution is -2.19. The molecule has 12 heteroatoms. The van der Waals surface area contributed by atoms with Gasteiger partial charge >= 0.3 is 12.4 Å². The summed E-state index contributed by atoms with van der Waals surface area (Å²) in [5, 5.41) is 3.04. The molecule has 132 valence electrons. The standard InChI is InChI=1S/C12H8F7N3OS/c1-6-2-7(13)8(3-9(6)24(23)4-11(14,15)16)22-5-20-10(21-22)12(17,18)19/h2-3,5H,4H2,1H3. The number of nitrogens with zero attached hydrogens (tertiary/aromatic N) is 3. The van der Waals surface area contributed by atoms with Gasteiger partial charge in [0.05, 0.1) is 10.8 Å². The van der Waals surface area contributed by atoms with E-state index in [2.05, 4.69) is 10.1 Å². The van der Waals surface area contributed by atoms with Gasteiger partial charge in [0.15, 0.2) is 0 Å². The van der Waals surface area contributed by atoms with Crippen molar-refractivity contribution in [2.75, 3.05) is 5.75 Å². The molecule has 2 aromatic rings. The van der Waals surface area contributed by atoms with Gasteiger partial charge in [-0.2, -0.15) is 26.3 Å². The molecule has 1 aromatic carbocycles. The Morgan fingerprint density at radius 3 is 2.29 bits per heavy atom. The van der Waals surface area contributed by atoms with Crippen molar-refractivity contribution >= 4 is 10.8 Å². The third-order valence-electron chi connectivity index (χ3n) is 2.78. The minimum atomic E-state index is -4.87. The van der Waals surface area contributed by atoms with Gasteiger partial charge in [-0.3, -0.25) is 4.21 Å². The zero-order valence-electron chi connectivity index (χ0n) is 11.7. The van der Waals surface area contributed by atoms with Gasteiger partial charge in [-0.25, -0.2) is 14.1 Å². The molecule has 0 N–H and O–H groups in total. The quantitative estimate of drug-likeness (QED) is 0.773. The molecule has 0 saturated carbocycles. The summed E-state index contributed by atoms with van der Waals surface area (Å²) in [7, 11) is -2.54. The van der Waals surface area contributed by atoms with E-state index in [0.717, 1.165) is 12.1 Å². The van der Waals surface area contributed by atoms with E-state index < -0.39 is 46.2 Å². The predicted molar refractivity (Wildman–Crippen MR) is 68.4 cm³/mol. The highest BCUT2D eigenvalue weighted by atomic mass is 32.2. The van der Waals surface area contributed by atoms with Gasteiger partial charge in [-0.05, 0) is 24.6 Å². The Hall–Kier alpha value is -1.98. The second-order valence-electron chi connectivity index (χ2n) is 4.68. The van der Waals surface area contributed by atoms with Crippen LogP contribution in [-0.2, 0) is 17.0 Å². The number of aromatic nitrogens is 3. The third kappa shape index (κ3) is 4.10. The van der Waals surface area contributed by atoms with Crippen molar-refractivity contribution in [1.29, 1.82) is 0 Å². The van der Waals surface area contributed by atoms with E-state index in [1.54, 1.807) is 0 Å². The van der Waals surface area contributed by atoms with Gasteiger partial charge in [0, 0.05) is 4.90 Å². The molecule has 0 bridgehead atoms. The zero-order valence-corrected chi connectivity index (χ0v) is 12.6. The molecule has 0 aliphatic heterocycles. The van der Waals surface area contributed by atoms with Crippen LogP contribution in [-0.4, -0.2) is 30.9 Å². The fraction of sp³-hybridized carbons (Fsp3) is 0.333. The minimum absolute atomic E-state index is 0.0324. The van der Waals surface area contributed by atoms with E-state index in [0.29, 0.717) is 11.0 Å². The number of hydrogen-bond donors (Lipinski definition) is 0. The van der Waals surface area contributed by atoms with Crippen LogP contribution in [0.2, 0.25) is 0 Å². The molecule has 1 unspecified atom stereocenters.